The lowest BCUT2D eigenvalue weighted by Gasteiger charge is -2.27. The normalized spacial score (nSPS) is 12.2. The summed E-state index contributed by atoms with van der Waals surface area (Å²) in [6.45, 7) is 10.1. The van der Waals surface area contributed by atoms with E-state index in [2.05, 4.69) is 5.10 Å². The van der Waals surface area contributed by atoms with Gasteiger partial charge in [-0.3, -0.25) is 4.79 Å². The minimum Gasteiger partial charge on any atom is -0.267 e. The number of rotatable bonds is 4. The molecule has 0 spiro atoms. The molecule has 32 heavy (non-hydrogen) atoms. The van der Waals surface area contributed by atoms with Gasteiger partial charge in [0, 0.05) is 18.9 Å². The molecule has 3 rings (SSSR count). The van der Waals surface area contributed by atoms with Crippen LogP contribution in [-0.4, -0.2) is 24.5 Å². The maximum Gasteiger partial charge on any atom is 0.275 e. The van der Waals surface area contributed by atoms with E-state index in [1.54, 1.807) is 0 Å². The number of sulfone groups is 1. The number of halogens is 1. The Bertz CT molecular complexity index is 1350. The van der Waals surface area contributed by atoms with Gasteiger partial charge in [-0.05, 0) is 59.7 Å². The van der Waals surface area contributed by atoms with Gasteiger partial charge in [-0.25, -0.2) is 17.5 Å². The average molecular weight is 457 g/mol. The zero-order chi connectivity index (χ0) is 24.0. The Morgan fingerprint density at radius 1 is 1.06 bits per heavy atom. The Balaban J connectivity index is 2.62. The fourth-order valence-corrected chi connectivity index (χ4v) is 5.09. The molecular weight excluding hydrogens is 427 g/mol. The van der Waals surface area contributed by atoms with Crippen molar-refractivity contribution in [1.82, 2.24) is 9.78 Å². The summed E-state index contributed by atoms with van der Waals surface area (Å²) in [5.41, 5.74) is 3.31. The molecule has 0 saturated heterocycles. The fraction of sp³-hybridized carbons (Fsp3) is 0.360. The molecule has 5 nitrogen and oxygen atoms in total. The van der Waals surface area contributed by atoms with Crippen LogP contribution < -0.4 is 5.56 Å². The summed E-state index contributed by atoms with van der Waals surface area (Å²) < 4.78 is 40.9. The zero-order valence-corrected chi connectivity index (χ0v) is 20.4. The molecule has 0 aliphatic rings. The van der Waals surface area contributed by atoms with E-state index in [4.69, 9.17) is 0 Å². The highest BCUT2D eigenvalue weighted by molar-refractivity contribution is 7.91. The molecule has 0 fully saturated rings. The molecule has 3 aromatic rings. The summed E-state index contributed by atoms with van der Waals surface area (Å²) in [6.07, 6.45) is 1.71. The van der Waals surface area contributed by atoms with E-state index in [0.717, 1.165) is 27.6 Å². The Morgan fingerprint density at radius 3 is 2.16 bits per heavy atom. The summed E-state index contributed by atoms with van der Waals surface area (Å²) in [5, 5.41) is 4.29. The van der Waals surface area contributed by atoms with Crippen molar-refractivity contribution in [3.8, 4) is 22.4 Å². The summed E-state index contributed by atoms with van der Waals surface area (Å²) in [5.74, 6) is -0.443. The van der Waals surface area contributed by atoms with Crippen LogP contribution in [0.5, 0.6) is 0 Å². The molecule has 1 aromatic heterocycles. The van der Waals surface area contributed by atoms with Gasteiger partial charge in [0.05, 0.1) is 5.56 Å². The topological polar surface area (TPSA) is 69.0 Å². The van der Waals surface area contributed by atoms with Gasteiger partial charge in [-0.2, -0.15) is 5.10 Å². The molecule has 2 aromatic carbocycles. The van der Waals surface area contributed by atoms with Crippen molar-refractivity contribution in [3.63, 3.8) is 0 Å². The van der Waals surface area contributed by atoms with Crippen LogP contribution in [0.4, 0.5) is 4.39 Å². The molecule has 0 radical (unpaired) electrons. The van der Waals surface area contributed by atoms with Gasteiger partial charge in [-0.1, -0.05) is 45.4 Å². The molecule has 0 aliphatic carbocycles. The molecule has 0 N–H and O–H groups in total. The summed E-state index contributed by atoms with van der Waals surface area (Å²) in [6, 6.07) is 9.45. The lowest BCUT2D eigenvalue weighted by atomic mass is 9.78. The van der Waals surface area contributed by atoms with E-state index in [1.807, 2.05) is 46.8 Å². The van der Waals surface area contributed by atoms with Crippen LogP contribution in [0.1, 0.15) is 44.4 Å². The third-order valence-corrected chi connectivity index (χ3v) is 6.63. The summed E-state index contributed by atoms with van der Waals surface area (Å²) in [7, 11) is -2.38. The third kappa shape index (κ3) is 4.39. The first-order chi connectivity index (χ1) is 14.8. The molecule has 170 valence electrons. The van der Waals surface area contributed by atoms with Crippen molar-refractivity contribution in [2.45, 2.75) is 51.3 Å². The fourth-order valence-electron chi connectivity index (χ4n) is 4.02. The second-order valence-electron chi connectivity index (χ2n) is 9.21. The summed E-state index contributed by atoms with van der Waals surface area (Å²) >= 11 is 0. The summed E-state index contributed by atoms with van der Waals surface area (Å²) in [4.78, 5) is 13.4. The molecule has 0 atom stereocenters. The second kappa shape index (κ2) is 8.28. The maximum atomic E-state index is 13.6. The molecule has 1 heterocycles. The first-order valence-electron chi connectivity index (χ1n) is 10.5. The first-order valence-corrected chi connectivity index (χ1v) is 12.4. The van der Waals surface area contributed by atoms with Crippen molar-refractivity contribution >= 4 is 9.84 Å². The van der Waals surface area contributed by atoms with E-state index < -0.39 is 21.2 Å². The Kier molecular flexibility index (Phi) is 6.17. The highest BCUT2D eigenvalue weighted by atomic mass is 32.2. The van der Waals surface area contributed by atoms with E-state index >= 15 is 0 Å². The predicted molar refractivity (Wildman–Crippen MR) is 126 cm³/mol. The maximum absolute atomic E-state index is 13.6. The van der Waals surface area contributed by atoms with Gasteiger partial charge in [0.1, 0.15) is 16.4 Å². The molecule has 0 saturated carbocycles. The van der Waals surface area contributed by atoms with Crippen LogP contribution >= 0.6 is 0 Å². The molecule has 7 heteroatoms. The molecule has 0 amide bonds. The number of aryl methyl sites for hydroxylation is 3. The minimum atomic E-state index is -3.88. The standard InChI is InChI=1S/C25H29FN2O3S/c1-8-16-13-15(2)14-19(25(3,4)5)20(16)21-23(32(7,30)31)22(27-28(6)24(21)29)17-9-11-18(26)12-10-17/h9-14H,8H2,1-7H3. The minimum absolute atomic E-state index is 0.117. The monoisotopic (exact) mass is 456 g/mol. The number of nitrogens with zero attached hydrogens (tertiary/aromatic N) is 2. The molecule has 0 aliphatic heterocycles. The van der Waals surface area contributed by atoms with Crippen molar-refractivity contribution in [2.24, 2.45) is 7.05 Å². The van der Waals surface area contributed by atoms with Crippen molar-refractivity contribution in [3.05, 3.63) is 69.3 Å². The van der Waals surface area contributed by atoms with Crippen molar-refractivity contribution < 1.29 is 12.8 Å². The highest BCUT2D eigenvalue weighted by Crippen LogP contribution is 2.40. The number of aromatic nitrogens is 2. The molecule has 0 bridgehead atoms. The third-order valence-electron chi connectivity index (χ3n) is 5.49. The average Bonchev–Trinajstić information content (AvgIpc) is 2.68. The van der Waals surface area contributed by atoms with E-state index in [1.165, 1.54) is 31.3 Å². The quantitative estimate of drug-likeness (QED) is 0.564. The molecule has 0 unspecified atom stereocenters. The zero-order valence-electron chi connectivity index (χ0n) is 19.6. The molecular formula is C25H29FN2O3S. The predicted octanol–water partition coefficient (Wildman–Crippen LogP) is 4.83. The smallest absolute Gasteiger partial charge is 0.267 e. The lowest BCUT2D eigenvalue weighted by Crippen LogP contribution is -2.27. The van der Waals surface area contributed by atoms with Crippen LogP contribution in [-0.2, 0) is 28.7 Å². The Morgan fingerprint density at radius 2 is 1.66 bits per heavy atom. The van der Waals surface area contributed by atoms with Gasteiger partial charge in [0.2, 0.25) is 0 Å². The number of benzene rings is 2. The number of hydrogen-bond donors (Lipinski definition) is 0. The Labute approximate surface area is 188 Å². The van der Waals surface area contributed by atoms with E-state index in [0.29, 0.717) is 17.5 Å². The van der Waals surface area contributed by atoms with Crippen LogP contribution in [0, 0.1) is 12.7 Å². The van der Waals surface area contributed by atoms with Crippen molar-refractivity contribution in [1.29, 1.82) is 0 Å². The van der Waals surface area contributed by atoms with Crippen LogP contribution in [0.25, 0.3) is 22.4 Å². The van der Waals surface area contributed by atoms with Gasteiger partial charge in [-0.15, -0.1) is 0 Å². The largest absolute Gasteiger partial charge is 0.275 e. The van der Waals surface area contributed by atoms with E-state index in [-0.39, 0.29) is 21.6 Å². The van der Waals surface area contributed by atoms with Crippen LogP contribution in [0.3, 0.4) is 0 Å². The second-order valence-corrected chi connectivity index (χ2v) is 11.2. The number of hydrogen-bond acceptors (Lipinski definition) is 4. The highest BCUT2D eigenvalue weighted by Gasteiger charge is 2.31. The van der Waals surface area contributed by atoms with Gasteiger partial charge in [0.25, 0.3) is 5.56 Å². The van der Waals surface area contributed by atoms with Crippen LogP contribution in [0.15, 0.2) is 46.1 Å². The van der Waals surface area contributed by atoms with Gasteiger partial charge >= 0.3 is 0 Å². The van der Waals surface area contributed by atoms with Gasteiger partial charge in [0.15, 0.2) is 9.84 Å². The Hall–Kier alpha value is -2.80. The van der Waals surface area contributed by atoms with E-state index in [9.17, 15) is 17.6 Å². The van der Waals surface area contributed by atoms with Crippen molar-refractivity contribution in [2.75, 3.05) is 6.26 Å². The van der Waals surface area contributed by atoms with Gasteiger partial charge < -0.3 is 0 Å². The lowest BCUT2D eigenvalue weighted by molar-refractivity contribution is 0.588. The SMILES string of the molecule is CCc1cc(C)cc(C(C)(C)C)c1-c1c(S(C)(=O)=O)c(-c2ccc(F)cc2)nn(C)c1=O. The first kappa shape index (κ1) is 23.9. The van der Waals surface area contributed by atoms with Crippen LogP contribution in [0.2, 0.25) is 0 Å².